The van der Waals surface area contributed by atoms with Crippen molar-refractivity contribution in [3.8, 4) is 0 Å². The van der Waals surface area contributed by atoms with Gasteiger partial charge in [0.2, 0.25) is 35.4 Å². The monoisotopic (exact) mass is 889 g/mol. The fraction of sp³-hybridized carbons (Fsp3) is 0.488. The molecule has 4 atom stereocenters. The number of carbonyl (C=O) groups excluding carboxylic acids is 7. The van der Waals surface area contributed by atoms with Crippen LogP contribution in [-0.2, 0) is 63.4 Å². The van der Waals surface area contributed by atoms with Crippen molar-refractivity contribution in [1.29, 1.82) is 0 Å². The van der Waals surface area contributed by atoms with Crippen molar-refractivity contribution in [3.63, 3.8) is 0 Å². The molecule has 4 heterocycles. The van der Waals surface area contributed by atoms with Crippen LogP contribution >= 0.6 is 0 Å². The number of nitrogens with two attached hydrogens (primary N) is 2. The Labute approximate surface area is 364 Å². The molecule has 1 unspecified atom stereocenters. The van der Waals surface area contributed by atoms with E-state index in [0.29, 0.717) is 48.8 Å². The highest BCUT2D eigenvalue weighted by atomic mass is 32.2. The van der Waals surface area contributed by atoms with Crippen LogP contribution in [0.15, 0.2) is 63.9 Å². The molecule has 0 radical (unpaired) electrons. The highest BCUT2D eigenvalue weighted by Crippen LogP contribution is 2.30. The second-order valence-corrected chi connectivity index (χ2v) is 18.5. The van der Waals surface area contributed by atoms with E-state index in [9.17, 15) is 46.8 Å². The number of sulfone groups is 1. The topological polar surface area (TPSA) is 275 Å². The molecular formula is C43H55N9O10S. The number of hydrogen-bond donors (Lipinski definition) is 5. The van der Waals surface area contributed by atoms with Crippen LogP contribution in [0.5, 0.6) is 0 Å². The zero-order chi connectivity index (χ0) is 45.6. The third-order valence-corrected chi connectivity index (χ3v) is 13.1. The third kappa shape index (κ3) is 11.1. The summed E-state index contributed by atoms with van der Waals surface area (Å²) < 4.78 is 26.5. The molecular weight excluding hydrogens is 835 g/mol. The van der Waals surface area contributed by atoms with Crippen LogP contribution in [0.2, 0.25) is 0 Å². The first-order valence-electron chi connectivity index (χ1n) is 21.2. The number of fused-ring (bicyclic) bond motifs is 2. The second-order valence-electron chi connectivity index (χ2n) is 16.5. The molecule has 63 heavy (non-hydrogen) atoms. The summed E-state index contributed by atoms with van der Waals surface area (Å²) in [6.45, 7) is 0.328. The third-order valence-electron chi connectivity index (χ3n) is 12.0. The van der Waals surface area contributed by atoms with Gasteiger partial charge in [-0.2, -0.15) is 0 Å². The Bertz CT molecular complexity index is 2490. The summed E-state index contributed by atoms with van der Waals surface area (Å²) in [4.78, 5) is 106. The molecule has 1 aromatic heterocycles. The van der Waals surface area contributed by atoms with Crippen LogP contribution < -0.4 is 33.1 Å². The van der Waals surface area contributed by atoms with Crippen molar-refractivity contribution in [2.75, 3.05) is 19.3 Å². The van der Waals surface area contributed by atoms with Gasteiger partial charge >= 0.3 is 5.69 Å². The second kappa shape index (κ2) is 19.9. The van der Waals surface area contributed by atoms with Crippen LogP contribution in [0.4, 0.5) is 0 Å². The van der Waals surface area contributed by atoms with Crippen LogP contribution in [0, 0.1) is 0 Å². The van der Waals surface area contributed by atoms with Crippen molar-refractivity contribution in [2.45, 2.75) is 113 Å². The molecule has 0 bridgehead atoms. The highest BCUT2D eigenvalue weighted by molar-refractivity contribution is 7.90. The summed E-state index contributed by atoms with van der Waals surface area (Å²) in [5.41, 5.74) is 14.1. The summed E-state index contributed by atoms with van der Waals surface area (Å²) in [5.74, 6) is -3.50. The summed E-state index contributed by atoms with van der Waals surface area (Å²) in [6.07, 6.45) is 7.78. The number of rotatable bonds is 16. The number of hydrogen-bond acceptors (Lipinski definition) is 11. The van der Waals surface area contributed by atoms with E-state index in [1.165, 1.54) is 32.2 Å². The number of unbranched alkanes of at least 4 members (excludes halogenated alkanes) is 3. The van der Waals surface area contributed by atoms with Gasteiger partial charge in [-0.15, -0.1) is 0 Å². The molecule has 7 N–H and O–H groups in total. The summed E-state index contributed by atoms with van der Waals surface area (Å²) in [6, 6.07) is 8.50. The van der Waals surface area contributed by atoms with Crippen LogP contribution in [0.25, 0.3) is 11.0 Å². The minimum atomic E-state index is -3.41. The van der Waals surface area contributed by atoms with E-state index in [-0.39, 0.29) is 72.9 Å². The Morgan fingerprint density at radius 2 is 1.62 bits per heavy atom. The van der Waals surface area contributed by atoms with E-state index in [1.54, 1.807) is 24.1 Å². The van der Waals surface area contributed by atoms with Crippen molar-refractivity contribution >= 4 is 62.2 Å². The number of primary amides is 1. The van der Waals surface area contributed by atoms with E-state index < -0.39 is 57.5 Å². The number of aromatic nitrogens is 2. The zero-order valence-electron chi connectivity index (χ0n) is 35.5. The lowest BCUT2D eigenvalue weighted by Crippen LogP contribution is -2.59. The van der Waals surface area contributed by atoms with E-state index in [2.05, 4.69) is 16.0 Å². The molecule has 3 aliphatic rings. The summed E-state index contributed by atoms with van der Waals surface area (Å²) in [7, 11) is -1.75. The standard InChI is InChI=1S/C43H55N9O10S/c1-49-35-23-26(11-16-32(35)52(43(49)60)34-18-20-37(54)48-41(34)58)7-5-3-4-6-8-38(55)50-22-21-28-12-17-33(51(28)42(59)30(44)25-50)40(57)47-31(15-19-36(45)53)39(56)46-24-27-9-13-29(14-10-27)63(2,61)62/h9-11,13-16,23,28,30,33-34H,3-8,12,17-22,24-25,44H2,1-2H3,(H2,45,53)(H,46,56)(H,47,57)(H,48,54,58)/b31-15+/t28-,30+,33+,34?/m1/s1. The average Bonchev–Trinajstić information content (AvgIpc) is 3.77. The number of nitrogens with zero attached hydrogens (tertiary/aromatic N) is 4. The minimum Gasteiger partial charge on any atom is -0.369 e. The number of piperidine rings is 1. The highest BCUT2D eigenvalue weighted by Gasteiger charge is 2.44. The van der Waals surface area contributed by atoms with Crippen molar-refractivity contribution in [2.24, 2.45) is 18.5 Å². The average molecular weight is 890 g/mol. The Hall–Kier alpha value is -6.15. The lowest BCUT2D eigenvalue weighted by Gasteiger charge is -2.37. The fourth-order valence-electron chi connectivity index (χ4n) is 8.55. The first kappa shape index (κ1) is 46.4. The largest absolute Gasteiger partial charge is 0.369 e. The normalized spacial score (nSPS) is 20.8. The number of carbonyl (C=O) groups is 7. The first-order chi connectivity index (χ1) is 29.9. The van der Waals surface area contributed by atoms with Crippen LogP contribution in [0.3, 0.4) is 0 Å². The molecule has 3 saturated heterocycles. The Kier molecular flexibility index (Phi) is 14.7. The molecule has 6 rings (SSSR count). The van der Waals surface area contributed by atoms with Gasteiger partial charge in [-0.3, -0.25) is 48.0 Å². The lowest BCUT2D eigenvalue weighted by atomic mass is 10.0. The summed E-state index contributed by atoms with van der Waals surface area (Å²) in [5, 5.41) is 7.54. The van der Waals surface area contributed by atoms with Gasteiger partial charge in [0.25, 0.3) is 5.91 Å². The molecule has 3 aliphatic heterocycles. The number of benzene rings is 2. The van der Waals surface area contributed by atoms with Crippen molar-refractivity contribution < 1.29 is 42.0 Å². The van der Waals surface area contributed by atoms with Crippen LogP contribution in [0.1, 0.15) is 87.8 Å². The fourth-order valence-corrected chi connectivity index (χ4v) is 9.18. The van der Waals surface area contributed by atoms with E-state index in [1.807, 2.05) is 18.2 Å². The Balaban J connectivity index is 0.968. The van der Waals surface area contributed by atoms with Crippen molar-refractivity contribution in [1.82, 2.24) is 34.9 Å². The number of imide groups is 1. The van der Waals surface area contributed by atoms with Gasteiger partial charge in [0.1, 0.15) is 23.8 Å². The van der Waals surface area contributed by atoms with Crippen LogP contribution in [-0.4, -0.2) is 106 Å². The molecule has 0 aliphatic carbocycles. The maximum Gasteiger partial charge on any atom is 0.329 e. The van der Waals surface area contributed by atoms with Gasteiger partial charge in [-0.25, -0.2) is 13.2 Å². The first-order valence-corrected chi connectivity index (χ1v) is 23.1. The van der Waals surface area contributed by atoms with Gasteiger partial charge in [0.05, 0.1) is 15.9 Å². The van der Waals surface area contributed by atoms with Crippen molar-refractivity contribution in [3.05, 3.63) is 75.8 Å². The Morgan fingerprint density at radius 3 is 2.32 bits per heavy atom. The number of nitrogens with one attached hydrogen (secondary N) is 3. The van der Waals surface area contributed by atoms with E-state index >= 15 is 0 Å². The molecule has 7 amide bonds. The molecule has 19 nitrogen and oxygen atoms in total. The summed E-state index contributed by atoms with van der Waals surface area (Å²) >= 11 is 0. The number of aryl methyl sites for hydroxylation is 2. The zero-order valence-corrected chi connectivity index (χ0v) is 36.3. The maximum atomic E-state index is 13.7. The van der Waals surface area contributed by atoms with Gasteiger partial charge in [0.15, 0.2) is 9.84 Å². The molecule has 338 valence electrons. The predicted octanol–water partition coefficient (Wildman–Crippen LogP) is 0.325. The quantitative estimate of drug-likeness (QED) is 0.0743. The number of imidazole rings is 1. The number of amides is 7. The SMILES string of the molecule is Cn1c(=O)n(C2CCC(=O)NC2=O)c2ccc(CCCCCCC(=O)N3CC[C@H]4CC[C@@H](C(=O)N/C(=C/CC(N)=O)C(=O)NCc5ccc(S(C)(=O)=O)cc5)N4C(=O)[C@@H](N)C3)cc21. The molecule has 3 aromatic rings. The van der Waals surface area contributed by atoms with Gasteiger partial charge in [-0.1, -0.05) is 31.0 Å². The van der Waals surface area contributed by atoms with Gasteiger partial charge in [0, 0.05) is 58.2 Å². The molecule has 3 fully saturated rings. The van der Waals surface area contributed by atoms with Gasteiger partial charge in [-0.05, 0) is 86.4 Å². The smallest absolute Gasteiger partial charge is 0.329 e. The van der Waals surface area contributed by atoms with Gasteiger partial charge < -0.3 is 31.9 Å². The predicted molar refractivity (Wildman–Crippen MR) is 230 cm³/mol. The van der Waals surface area contributed by atoms with E-state index in [4.69, 9.17) is 11.5 Å². The molecule has 0 saturated carbocycles. The lowest BCUT2D eigenvalue weighted by molar-refractivity contribution is -0.144. The van der Waals surface area contributed by atoms with E-state index in [0.717, 1.165) is 37.5 Å². The molecule has 20 heteroatoms. The maximum absolute atomic E-state index is 13.7. The Morgan fingerprint density at radius 1 is 0.905 bits per heavy atom. The molecule has 2 aromatic carbocycles. The minimum absolute atomic E-state index is 0.0111. The molecule has 0 spiro atoms.